The van der Waals surface area contributed by atoms with Crippen LogP contribution < -0.4 is 0 Å². The molecule has 0 aliphatic heterocycles. The topological polar surface area (TPSA) is 20.2 Å². The molecule has 0 saturated heterocycles. The molecule has 2 heteroatoms. The van der Waals surface area contributed by atoms with Gasteiger partial charge in [-0.1, -0.05) is 22.5 Å². The Balaban J connectivity index is 2.51. The number of rotatable bonds is 0. The third kappa shape index (κ3) is 1.55. The molecule has 9 heavy (non-hydrogen) atoms. The minimum absolute atomic E-state index is 0.249. The zero-order valence-corrected chi connectivity index (χ0v) is 6.89. The van der Waals surface area contributed by atoms with Gasteiger partial charge in [0.25, 0.3) is 0 Å². The van der Waals surface area contributed by atoms with Crippen molar-refractivity contribution in [3.8, 4) is 0 Å². The number of hydrogen-bond acceptors (Lipinski definition) is 1. The molecule has 0 amide bonds. The van der Waals surface area contributed by atoms with E-state index in [-0.39, 0.29) is 10.9 Å². The molecule has 1 N–H and O–H groups in total. The molecule has 0 spiro atoms. The van der Waals surface area contributed by atoms with Crippen LogP contribution in [0.3, 0.4) is 0 Å². The lowest BCUT2D eigenvalue weighted by Crippen LogP contribution is -2.26. The summed E-state index contributed by atoms with van der Waals surface area (Å²) in [4.78, 5) is 0.249. The minimum atomic E-state index is -0.307. The molecular weight excluding hydrogens is 180 g/mol. The van der Waals surface area contributed by atoms with Crippen LogP contribution in [0.25, 0.3) is 0 Å². The highest BCUT2D eigenvalue weighted by Gasteiger charge is 2.22. The maximum absolute atomic E-state index is 9.30. The smallest absolute Gasteiger partial charge is 0.0872 e. The standard InChI is InChI=1S/C7H11BrO/c1-5-3-2-4-6(8)7(5)9/h6-7,9H,1-4H2. The van der Waals surface area contributed by atoms with Gasteiger partial charge in [-0.15, -0.1) is 0 Å². The van der Waals surface area contributed by atoms with Crippen LogP contribution in [0.1, 0.15) is 19.3 Å². The van der Waals surface area contributed by atoms with Gasteiger partial charge in [0.2, 0.25) is 0 Å². The van der Waals surface area contributed by atoms with Gasteiger partial charge in [0.05, 0.1) is 6.10 Å². The summed E-state index contributed by atoms with van der Waals surface area (Å²) in [5, 5.41) is 9.30. The van der Waals surface area contributed by atoms with E-state index in [2.05, 4.69) is 22.5 Å². The molecule has 1 aliphatic carbocycles. The molecule has 1 nitrogen and oxygen atoms in total. The molecule has 0 aromatic rings. The number of aliphatic hydroxyl groups excluding tert-OH is 1. The normalized spacial score (nSPS) is 36.9. The maximum atomic E-state index is 9.30. The van der Waals surface area contributed by atoms with E-state index in [9.17, 15) is 5.11 Å². The molecule has 1 rings (SSSR count). The van der Waals surface area contributed by atoms with Gasteiger partial charge in [-0.3, -0.25) is 0 Å². The SMILES string of the molecule is C=C1CCCC(Br)C1O. The van der Waals surface area contributed by atoms with Crippen LogP contribution in [0.15, 0.2) is 12.2 Å². The molecule has 2 unspecified atom stereocenters. The fourth-order valence-corrected chi connectivity index (χ4v) is 1.78. The zero-order valence-electron chi connectivity index (χ0n) is 5.31. The van der Waals surface area contributed by atoms with Crippen molar-refractivity contribution in [1.29, 1.82) is 0 Å². The largest absolute Gasteiger partial charge is 0.388 e. The maximum Gasteiger partial charge on any atom is 0.0872 e. The number of alkyl halides is 1. The van der Waals surface area contributed by atoms with Gasteiger partial charge in [-0.05, 0) is 24.8 Å². The van der Waals surface area contributed by atoms with Crippen molar-refractivity contribution >= 4 is 15.9 Å². The van der Waals surface area contributed by atoms with Gasteiger partial charge in [0.1, 0.15) is 0 Å². The Bertz CT molecular complexity index is 122. The molecule has 0 aromatic carbocycles. The first-order valence-electron chi connectivity index (χ1n) is 3.21. The van der Waals surface area contributed by atoms with Gasteiger partial charge >= 0.3 is 0 Å². The van der Waals surface area contributed by atoms with E-state index in [1.807, 2.05) is 0 Å². The predicted octanol–water partition coefficient (Wildman–Crippen LogP) is 1.85. The fourth-order valence-electron chi connectivity index (χ4n) is 1.09. The monoisotopic (exact) mass is 190 g/mol. The van der Waals surface area contributed by atoms with Crippen LogP contribution in [0, 0.1) is 0 Å². The Kier molecular flexibility index (Phi) is 2.30. The number of halogens is 1. The summed E-state index contributed by atoms with van der Waals surface area (Å²) in [5.41, 5.74) is 0.975. The Morgan fingerprint density at radius 3 is 2.78 bits per heavy atom. The molecule has 1 aliphatic rings. The lowest BCUT2D eigenvalue weighted by molar-refractivity contribution is 0.188. The minimum Gasteiger partial charge on any atom is -0.388 e. The van der Waals surface area contributed by atoms with E-state index >= 15 is 0 Å². The third-order valence-corrected chi connectivity index (χ3v) is 2.70. The molecule has 0 aromatic heterocycles. The highest BCUT2D eigenvalue weighted by Crippen LogP contribution is 2.27. The van der Waals surface area contributed by atoms with Crippen molar-refractivity contribution in [2.75, 3.05) is 0 Å². The van der Waals surface area contributed by atoms with Crippen molar-refractivity contribution in [2.24, 2.45) is 0 Å². The summed E-state index contributed by atoms with van der Waals surface area (Å²) in [7, 11) is 0. The summed E-state index contributed by atoms with van der Waals surface area (Å²) in [6, 6.07) is 0. The quantitative estimate of drug-likeness (QED) is 0.457. The molecule has 0 bridgehead atoms. The predicted molar refractivity (Wildman–Crippen MR) is 41.7 cm³/mol. The fraction of sp³-hybridized carbons (Fsp3) is 0.714. The Morgan fingerprint density at radius 2 is 2.33 bits per heavy atom. The summed E-state index contributed by atoms with van der Waals surface area (Å²) in [5.74, 6) is 0. The van der Waals surface area contributed by atoms with E-state index < -0.39 is 0 Å². The third-order valence-electron chi connectivity index (χ3n) is 1.74. The van der Waals surface area contributed by atoms with Gasteiger partial charge < -0.3 is 5.11 Å². The zero-order chi connectivity index (χ0) is 6.85. The van der Waals surface area contributed by atoms with E-state index in [0.29, 0.717) is 0 Å². The summed E-state index contributed by atoms with van der Waals surface area (Å²) in [6.45, 7) is 3.77. The molecule has 1 fully saturated rings. The van der Waals surface area contributed by atoms with Gasteiger partial charge in [-0.25, -0.2) is 0 Å². The van der Waals surface area contributed by atoms with Crippen LogP contribution in [0.2, 0.25) is 0 Å². The lowest BCUT2D eigenvalue weighted by Gasteiger charge is -2.24. The number of hydrogen-bond donors (Lipinski definition) is 1. The van der Waals surface area contributed by atoms with Gasteiger partial charge in [0, 0.05) is 4.83 Å². The van der Waals surface area contributed by atoms with Gasteiger partial charge in [-0.2, -0.15) is 0 Å². The van der Waals surface area contributed by atoms with Crippen LogP contribution in [-0.4, -0.2) is 16.0 Å². The Labute approximate surface area is 63.9 Å². The first-order chi connectivity index (χ1) is 4.22. The number of aliphatic hydroxyl groups is 1. The molecule has 1 saturated carbocycles. The Hall–Kier alpha value is 0.180. The van der Waals surface area contributed by atoms with E-state index in [4.69, 9.17) is 0 Å². The van der Waals surface area contributed by atoms with Gasteiger partial charge in [0.15, 0.2) is 0 Å². The second-order valence-corrected chi connectivity index (χ2v) is 3.69. The molecule has 0 radical (unpaired) electrons. The second-order valence-electron chi connectivity index (χ2n) is 2.51. The van der Waals surface area contributed by atoms with Crippen molar-refractivity contribution in [3.63, 3.8) is 0 Å². The second kappa shape index (κ2) is 2.84. The van der Waals surface area contributed by atoms with Crippen LogP contribution in [0.4, 0.5) is 0 Å². The van der Waals surface area contributed by atoms with Crippen LogP contribution in [-0.2, 0) is 0 Å². The van der Waals surface area contributed by atoms with Crippen molar-refractivity contribution in [3.05, 3.63) is 12.2 Å². The lowest BCUT2D eigenvalue weighted by atomic mass is 9.93. The highest BCUT2D eigenvalue weighted by molar-refractivity contribution is 9.09. The average Bonchev–Trinajstić information content (AvgIpc) is 1.83. The summed E-state index contributed by atoms with van der Waals surface area (Å²) in [6.07, 6.45) is 2.91. The average molecular weight is 191 g/mol. The van der Waals surface area contributed by atoms with Crippen molar-refractivity contribution < 1.29 is 5.11 Å². The van der Waals surface area contributed by atoms with E-state index in [1.54, 1.807) is 0 Å². The Morgan fingerprint density at radius 1 is 1.67 bits per heavy atom. The van der Waals surface area contributed by atoms with Crippen LogP contribution in [0.5, 0.6) is 0 Å². The first kappa shape index (κ1) is 7.29. The van der Waals surface area contributed by atoms with Crippen molar-refractivity contribution in [2.45, 2.75) is 30.2 Å². The van der Waals surface area contributed by atoms with Crippen LogP contribution >= 0.6 is 15.9 Å². The molecular formula is C7H11BrO. The van der Waals surface area contributed by atoms with E-state index in [0.717, 1.165) is 24.8 Å². The first-order valence-corrected chi connectivity index (χ1v) is 4.13. The van der Waals surface area contributed by atoms with E-state index in [1.165, 1.54) is 0 Å². The van der Waals surface area contributed by atoms with Crippen molar-refractivity contribution in [1.82, 2.24) is 0 Å². The summed E-state index contributed by atoms with van der Waals surface area (Å²) >= 11 is 3.38. The molecule has 2 atom stereocenters. The molecule has 0 heterocycles. The highest BCUT2D eigenvalue weighted by atomic mass is 79.9. The molecule has 52 valence electrons. The summed E-state index contributed by atoms with van der Waals surface area (Å²) < 4.78 is 0.